The summed E-state index contributed by atoms with van der Waals surface area (Å²) in [6, 6.07) is 10.1. The Morgan fingerprint density at radius 2 is 1.58 bits per heavy atom. The number of carbonyl (C=O) groups excluding carboxylic acids is 4. The van der Waals surface area contributed by atoms with Crippen LogP contribution in [-0.4, -0.2) is 117 Å². The molecule has 3 amide bonds. The Balaban J connectivity index is 0.957. The molecular weight excluding hydrogens is 767 g/mol. The number of phenolic OH excluding ortho intramolecular Hbond substituents is 2. The number of esters is 1. The fourth-order valence-corrected chi connectivity index (χ4v) is 7.26. The van der Waals surface area contributed by atoms with Gasteiger partial charge in [0.15, 0.2) is 22.1 Å². The molecule has 22 heteroatoms. The largest absolute Gasteiger partial charge is 0.508 e. The third kappa shape index (κ3) is 6.62. The van der Waals surface area contributed by atoms with Gasteiger partial charge in [-0.25, -0.2) is 9.59 Å². The summed E-state index contributed by atoms with van der Waals surface area (Å²) >= 11 is 5.43. The number of aromatic hydroxyl groups is 2. The summed E-state index contributed by atoms with van der Waals surface area (Å²) in [5, 5.41) is 60.5. The van der Waals surface area contributed by atoms with E-state index in [0.29, 0.717) is 22.4 Å². The molecule has 1 saturated heterocycles. The van der Waals surface area contributed by atoms with E-state index in [1.807, 2.05) is 0 Å². The number of aromatic amines is 2. The minimum atomic E-state index is -1.53. The molecule has 0 aliphatic carbocycles. The Kier molecular flexibility index (Phi) is 9.07. The lowest BCUT2D eigenvalue weighted by atomic mass is 9.77. The first-order valence-electron chi connectivity index (χ1n) is 17.1. The first kappa shape index (κ1) is 36.4. The van der Waals surface area contributed by atoms with Crippen molar-refractivity contribution in [2.75, 3.05) is 18.4 Å². The molecule has 2 aromatic heterocycles. The van der Waals surface area contributed by atoms with Crippen molar-refractivity contribution in [3.8, 4) is 23.0 Å². The quantitative estimate of drug-likeness (QED) is 0.0724. The van der Waals surface area contributed by atoms with Crippen LogP contribution in [0.5, 0.6) is 23.0 Å². The van der Waals surface area contributed by atoms with Crippen molar-refractivity contribution in [2.45, 2.75) is 30.1 Å². The molecule has 21 nitrogen and oxygen atoms in total. The van der Waals surface area contributed by atoms with E-state index in [9.17, 15) is 39.3 Å². The smallest absolute Gasteiger partial charge is 0.340 e. The van der Waals surface area contributed by atoms with Crippen LogP contribution in [0.2, 0.25) is 0 Å². The number of carboxylic acids is 1. The van der Waals surface area contributed by atoms with Crippen LogP contribution in [-0.2, 0) is 19.9 Å². The summed E-state index contributed by atoms with van der Waals surface area (Å²) in [5.74, 6) is -3.90. The number of carbonyl (C=O) groups is 5. The second-order valence-corrected chi connectivity index (χ2v) is 13.5. The molecule has 3 aliphatic rings. The van der Waals surface area contributed by atoms with Gasteiger partial charge < -0.3 is 51.0 Å². The Hall–Kier alpha value is -7.62. The number of carboxylic acid groups (broad SMARTS) is 1. The van der Waals surface area contributed by atoms with Gasteiger partial charge in [-0.3, -0.25) is 14.4 Å². The van der Waals surface area contributed by atoms with Crippen molar-refractivity contribution in [1.29, 1.82) is 0 Å². The van der Waals surface area contributed by atoms with Gasteiger partial charge in [0.05, 0.1) is 18.0 Å². The number of nitrogens with zero attached hydrogens (tertiary/aromatic N) is 5. The Bertz CT molecular complexity index is 2410. The number of H-pyrrole nitrogens is 2. The number of nitrogens with one attached hydrogen (secondary N) is 6. The van der Waals surface area contributed by atoms with E-state index in [2.05, 4.69) is 52.1 Å². The van der Waals surface area contributed by atoms with E-state index in [-0.39, 0.29) is 58.0 Å². The van der Waals surface area contributed by atoms with Crippen LogP contribution in [0.1, 0.15) is 54.4 Å². The van der Waals surface area contributed by atoms with E-state index in [1.165, 1.54) is 42.7 Å². The van der Waals surface area contributed by atoms with Crippen LogP contribution in [0, 0.1) is 0 Å². The number of fused-ring (bicyclic) bond motifs is 6. The predicted molar refractivity (Wildman–Crippen MR) is 195 cm³/mol. The molecule has 1 spiro atoms. The number of rotatable bonds is 9. The first-order chi connectivity index (χ1) is 27.4. The highest BCUT2D eigenvalue weighted by Gasteiger charge is 2.54. The monoisotopic (exact) mass is 795 g/mol. The topological polar surface area (TPSA) is 299 Å². The summed E-state index contributed by atoms with van der Waals surface area (Å²) in [5.41, 5.74) is 0.278. The van der Waals surface area contributed by atoms with Crippen molar-refractivity contribution < 1.29 is 48.8 Å². The number of aromatic nitrogens is 6. The highest BCUT2D eigenvalue weighted by Crippen LogP contribution is 2.57. The average molecular weight is 796 g/mol. The number of likely N-dealkylation sites (tertiary alicyclic amines) is 1. The number of anilines is 1. The highest BCUT2D eigenvalue weighted by molar-refractivity contribution is 7.80. The Morgan fingerprint density at radius 1 is 0.930 bits per heavy atom. The molecule has 3 aliphatic heterocycles. The maximum atomic E-state index is 13.6. The number of aliphatic carboxylic acids is 1. The number of thiocarbonyl (C=S) groups is 1. The van der Waals surface area contributed by atoms with Gasteiger partial charge in [-0.2, -0.15) is 30.8 Å². The molecular formula is C35H29N11O10S. The molecule has 0 saturated carbocycles. The summed E-state index contributed by atoms with van der Waals surface area (Å²) in [6.07, 6.45) is 2.31. The summed E-state index contributed by atoms with van der Waals surface area (Å²) < 4.78 is 12.1. The van der Waals surface area contributed by atoms with E-state index in [0.717, 1.165) is 4.90 Å². The predicted octanol–water partition coefficient (Wildman–Crippen LogP) is 0.471. The van der Waals surface area contributed by atoms with Gasteiger partial charge in [0.1, 0.15) is 35.1 Å². The van der Waals surface area contributed by atoms with Crippen LogP contribution in [0.4, 0.5) is 5.69 Å². The van der Waals surface area contributed by atoms with Crippen LogP contribution < -0.4 is 26.0 Å². The van der Waals surface area contributed by atoms with Gasteiger partial charge >= 0.3 is 11.9 Å². The zero-order valence-corrected chi connectivity index (χ0v) is 29.9. The van der Waals surface area contributed by atoms with Gasteiger partial charge in [0, 0.05) is 53.6 Å². The van der Waals surface area contributed by atoms with Gasteiger partial charge in [0.2, 0.25) is 5.91 Å². The van der Waals surface area contributed by atoms with Crippen LogP contribution in [0.25, 0.3) is 0 Å². The maximum Gasteiger partial charge on any atom is 0.340 e. The Morgan fingerprint density at radius 3 is 2.21 bits per heavy atom. The molecule has 5 heterocycles. The molecule has 9 N–H and O–H groups in total. The van der Waals surface area contributed by atoms with Crippen LogP contribution in [0.15, 0.2) is 67.0 Å². The summed E-state index contributed by atoms with van der Waals surface area (Å²) in [6.45, 7) is -0.501. The summed E-state index contributed by atoms with van der Waals surface area (Å²) in [4.78, 5) is 66.5. The second kappa shape index (κ2) is 14.2. The number of benzene rings is 3. The van der Waals surface area contributed by atoms with Gasteiger partial charge in [0.25, 0.3) is 11.8 Å². The number of amides is 3. The van der Waals surface area contributed by atoms with E-state index < -0.39 is 59.9 Å². The van der Waals surface area contributed by atoms with E-state index >= 15 is 0 Å². The fourth-order valence-electron chi connectivity index (χ4n) is 7.06. The Labute approximate surface area is 324 Å². The molecule has 1 fully saturated rings. The number of hydrogen-bond acceptors (Lipinski definition) is 14. The third-order valence-electron chi connectivity index (χ3n) is 9.59. The SMILES string of the molecule is O=C(N[C@@H]1C[C@@H](C(=O)N[C@@H](CNC(=S)Nc2ccc3c(c2)C(=O)OC32c3ccc(O)cc3Oc3cc(O)ccc32)C(=O)O)N(C(=O)c2cn[nH]n2)C1)c1cn[nH]n1. The first-order valence-corrected chi connectivity index (χ1v) is 17.5. The van der Waals surface area contributed by atoms with Crippen molar-refractivity contribution >= 4 is 52.7 Å². The normalized spacial score (nSPS) is 17.6. The van der Waals surface area contributed by atoms with E-state index in [4.69, 9.17) is 21.7 Å². The summed E-state index contributed by atoms with van der Waals surface area (Å²) in [7, 11) is 0. The molecule has 0 bridgehead atoms. The zero-order chi connectivity index (χ0) is 40.0. The van der Waals surface area contributed by atoms with Gasteiger partial charge in [-0.15, -0.1) is 0 Å². The van der Waals surface area contributed by atoms with Crippen LogP contribution in [0.3, 0.4) is 0 Å². The number of hydrogen-bond donors (Lipinski definition) is 9. The lowest BCUT2D eigenvalue weighted by molar-refractivity contribution is -0.142. The number of ether oxygens (including phenoxy) is 2. The van der Waals surface area contributed by atoms with E-state index in [1.54, 1.807) is 24.3 Å². The van der Waals surface area contributed by atoms with Crippen LogP contribution >= 0.6 is 12.2 Å². The minimum absolute atomic E-state index is 0.0118. The standard InChI is InChI=1S/C35H29N11O10S/c47-17-2-5-21-27(9-17)55-28-10-18(48)3-6-22(28)35(21)20-4-1-15(7-19(20)33(54)56-35)40-34(57)36-11-25(32(52)53)41-30(50)26-8-16(39-29(49)23-12-37-44-42-23)14-46(26)31(51)24-13-38-45-43-24/h1-7,9-10,12-13,16,25-26,47-48H,8,11,14H2,(H,39,49)(H,41,50)(H,52,53)(H2,36,40,57)(H,37,42,44)(H,38,43,45)/t16-,25+,26+/m1/s1. The number of phenols is 2. The average Bonchev–Trinajstić information content (AvgIpc) is 4.01. The minimum Gasteiger partial charge on any atom is -0.508 e. The molecule has 3 atom stereocenters. The fraction of sp³-hybridized carbons (Fsp3) is 0.200. The van der Waals surface area contributed by atoms with Crippen molar-refractivity contribution in [3.63, 3.8) is 0 Å². The zero-order valence-electron chi connectivity index (χ0n) is 29.0. The molecule has 5 aromatic rings. The molecule has 0 unspecified atom stereocenters. The van der Waals surface area contributed by atoms with Crippen molar-refractivity contribution in [2.24, 2.45) is 0 Å². The molecule has 8 rings (SSSR count). The lowest BCUT2D eigenvalue weighted by Crippen LogP contribution is -2.54. The van der Waals surface area contributed by atoms with Gasteiger partial charge in [-0.05, 0) is 55.0 Å². The highest BCUT2D eigenvalue weighted by atomic mass is 32.1. The molecule has 57 heavy (non-hydrogen) atoms. The second-order valence-electron chi connectivity index (χ2n) is 13.1. The molecule has 0 radical (unpaired) electrons. The molecule has 3 aromatic carbocycles. The van der Waals surface area contributed by atoms with Crippen molar-refractivity contribution in [3.05, 3.63) is 101 Å². The lowest BCUT2D eigenvalue weighted by Gasteiger charge is -2.36. The molecule has 290 valence electrons. The van der Waals surface area contributed by atoms with Crippen molar-refractivity contribution in [1.82, 2.24) is 51.7 Å². The van der Waals surface area contributed by atoms with Gasteiger partial charge in [-0.1, -0.05) is 6.07 Å². The maximum absolute atomic E-state index is 13.6. The third-order valence-corrected chi connectivity index (χ3v) is 9.84.